The first kappa shape index (κ1) is 19.3. The van der Waals surface area contributed by atoms with Crippen molar-refractivity contribution in [1.29, 1.82) is 0 Å². The van der Waals surface area contributed by atoms with E-state index in [0.29, 0.717) is 36.4 Å². The third-order valence-electron chi connectivity index (χ3n) is 2.76. The third-order valence-corrected chi connectivity index (χ3v) is 2.76. The molecule has 0 aromatic heterocycles. The average molecular weight is 337 g/mol. The number of esters is 1. The van der Waals surface area contributed by atoms with Gasteiger partial charge in [-0.25, -0.2) is 9.59 Å². The number of ether oxygens (including phenoxy) is 2. The Balaban J connectivity index is 2.59. The highest BCUT2D eigenvalue weighted by Crippen LogP contribution is 2.23. The Morgan fingerprint density at radius 3 is 2.46 bits per heavy atom. The fourth-order valence-electron chi connectivity index (χ4n) is 1.80. The number of hydrogen-bond acceptors (Lipinski definition) is 6. The van der Waals surface area contributed by atoms with Gasteiger partial charge in [-0.3, -0.25) is 4.79 Å². The Morgan fingerprint density at radius 2 is 1.88 bits per heavy atom. The molecule has 0 aliphatic carbocycles. The standard InChI is InChI=1S/C16H23N3O5/c1-16(2,3)24-15(22)18-8-7-17-12-6-5-11(14(21)23-4)9-13(12)19-10-20/h5-6,9-10,17H,7-8H2,1-4H3,(H,18,22)(H,19,20). The van der Waals surface area contributed by atoms with E-state index in [-0.39, 0.29) is 0 Å². The van der Waals surface area contributed by atoms with Gasteiger partial charge < -0.3 is 25.4 Å². The van der Waals surface area contributed by atoms with Crippen LogP contribution in [0.25, 0.3) is 0 Å². The maximum Gasteiger partial charge on any atom is 0.407 e. The molecule has 0 fully saturated rings. The molecule has 0 atom stereocenters. The molecule has 0 aliphatic heterocycles. The van der Waals surface area contributed by atoms with Crippen LogP contribution in [0.4, 0.5) is 16.2 Å². The van der Waals surface area contributed by atoms with Gasteiger partial charge in [0.25, 0.3) is 0 Å². The topological polar surface area (TPSA) is 106 Å². The van der Waals surface area contributed by atoms with Crippen LogP contribution in [0.15, 0.2) is 18.2 Å². The molecule has 0 spiro atoms. The molecule has 24 heavy (non-hydrogen) atoms. The maximum atomic E-state index is 11.5. The van der Waals surface area contributed by atoms with E-state index < -0.39 is 17.7 Å². The lowest BCUT2D eigenvalue weighted by molar-refractivity contribution is -0.105. The van der Waals surface area contributed by atoms with Crippen molar-refractivity contribution < 1.29 is 23.9 Å². The Morgan fingerprint density at radius 1 is 1.17 bits per heavy atom. The van der Waals surface area contributed by atoms with Crippen LogP contribution in [0.5, 0.6) is 0 Å². The maximum absolute atomic E-state index is 11.5. The number of methoxy groups -OCH3 is 1. The molecule has 3 N–H and O–H groups in total. The molecule has 0 saturated carbocycles. The number of hydrogen-bond donors (Lipinski definition) is 3. The summed E-state index contributed by atoms with van der Waals surface area (Å²) in [6, 6.07) is 4.72. The van der Waals surface area contributed by atoms with Crippen LogP contribution >= 0.6 is 0 Å². The summed E-state index contributed by atoms with van der Waals surface area (Å²) in [6.45, 7) is 6.08. The summed E-state index contributed by atoms with van der Waals surface area (Å²) < 4.78 is 9.76. The van der Waals surface area contributed by atoms with Crippen molar-refractivity contribution >= 4 is 29.8 Å². The van der Waals surface area contributed by atoms with Crippen LogP contribution in [-0.4, -0.2) is 44.3 Å². The van der Waals surface area contributed by atoms with Gasteiger partial charge in [-0.05, 0) is 39.0 Å². The van der Waals surface area contributed by atoms with Gasteiger partial charge in [0.2, 0.25) is 6.41 Å². The van der Waals surface area contributed by atoms with Crippen LogP contribution in [0.2, 0.25) is 0 Å². The highest BCUT2D eigenvalue weighted by molar-refractivity contribution is 5.93. The molecule has 1 aromatic carbocycles. The molecule has 0 heterocycles. The molecule has 1 rings (SSSR count). The molecule has 2 amide bonds. The minimum Gasteiger partial charge on any atom is -0.465 e. The number of carbonyl (C=O) groups is 3. The van der Waals surface area contributed by atoms with Crippen LogP contribution in [-0.2, 0) is 14.3 Å². The zero-order valence-corrected chi connectivity index (χ0v) is 14.3. The second kappa shape index (κ2) is 8.76. The average Bonchev–Trinajstić information content (AvgIpc) is 2.50. The molecule has 1 aromatic rings. The van der Waals surface area contributed by atoms with E-state index in [1.807, 2.05) is 0 Å². The number of carbonyl (C=O) groups excluding carboxylic acids is 3. The minimum atomic E-state index is -0.553. The van der Waals surface area contributed by atoms with Crippen molar-refractivity contribution in [2.24, 2.45) is 0 Å². The summed E-state index contributed by atoms with van der Waals surface area (Å²) in [7, 11) is 1.28. The molecule has 0 unspecified atom stereocenters. The summed E-state index contributed by atoms with van der Waals surface area (Å²) in [5.74, 6) is -0.498. The van der Waals surface area contributed by atoms with E-state index in [0.717, 1.165) is 0 Å². The van der Waals surface area contributed by atoms with Gasteiger partial charge in [0.05, 0.1) is 24.0 Å². The summed E-state index contributed by atoms with van der Waals surface area (Å²) in [5, 5.41) is 8.18. The van der Waals surface area contributed by atoms with Gasteiger partial charge in [-0.1, -0.05) is 0 Å². The molecule has 8 nitrogen and oxygen atoms in total. The van der Waals surface area contributed by atoms with Crippen LogP contribution in [0.1, 0.15) is 31.1 Å². The van der Waals surface area contributed by atoms with Gasteiger partial charge in [0.1, 0.15) is 5.60 Å². The third kappa shape index (κ3) is 6.55. The van der Waals surface area contributed by atoms with E-state index in [9.17, 15) is 14.4 Å². The second-order valence-electron chi connectivity index (χ2n) is 5.87. The van der Waals surface area contributed by atoms with Crippen LogP contribution < -0.4 is 16.0 Å². The summed E-state index contributed by atoms with van der Waals surface area (Å²) >= 11 is 0. The normalized spacial score (nSPS) is 10.5. The lowest BCUT2D eigenvalue weighted by Gasteiger charge is -2.20. The molecule has 132 valence electrons. The van der Waals surface area contributed by atoms with E-state index in [1.54, 1.807) is 32.9 Å². The molecule has 0 saturated heterocycles. The largest absolute Gasteiger partial charge is 0.465 e. The van der Waals surface area contributed by atoms with Crippen molar-refractivity contribution in [1.82, 2.24) is 5.32 Å². The number of amides is 2. The monoisotopic (exact) mass is 337 g/mol. The Labute approximate surface area is 140 Å². The van der Waals surface area contributed by atoms with Crippen LogP contribution in [0.3, 0.4) is 0 Å². The summed E-state index contributed by atoms with van der Waals surface area (Å²) in [4.78, 5) is 33.7. The lowest BCUT2D eigenvalue weighted by atomic mass is 10.1. The second-order valence-corrected chi connectivity index (χ2v) is 5.87. The molecular weight excluding hydrogens is 314 g/mol. The Bertz CT molecular complexity index is 596. The van der Waals surface area contributed by atoms with E-state index in [1.165, 1.54) is 13.2 Å². The molecule has 0 aliphatic rings. The quantitative estimate of drug-likeness (QED) is 0.399. The van der Waals surface area contributed by atoms with Gasteiger partial charge >= 0.3 is 12.1 Å². The van der Waals surface area contributed by atoms with Crippen molar-refractivity contribution in [2.45, 2.75) is 26.4 Å². The smallest absolute Gasteiger partial charge is 0.407 e. The molecule has 0 bridgehead atoms. The fraction of sp³-hybridized carbons (Fsp3) is 0.438. The van der Waals surface area contributed by atoms with Gasteiger partial charge in [-0.15, -0.1) is 0 Å². The first-order valence-corrected chi connectivity index (χ1v) is 7.40. The van der Waals surface area contributed by atoms with Crippen LogP contribution in [0, 0.1) is 0 Å². The Hall–Kier alpha value is -2.77. The van der Waals surface area contributed by atoms with Crippen molar-refractivity contribution in [3.8, 4) is 0 Å². The molecular formula is C16H23N3O5. The van der Waals surface area contributed by atoms with Gasteiger partial charge in [0.15, 0.2) is 0 Å². The molecule has 0 radical (unpaired) electrons. The van der Waals surface area contributed by atoms with Crippen molar-refractivity contribution in [3.05, 3.63) is 23.8 Å². The summed E-state index contributed by atoms with van der Waals surface area (Å²) in [5.41, 5.74) is 0.813. The summed E-state index contributed by atoms with van der Waals surface area (Å²) in [6.07, 6.45) is 0.0112. The number of nitrogens with one attached hydrogen (secondary N) is 3. The zero-order chi connectivity index (χ0) is 18.2. The minimum absolute atomic E-state index is 0.319. The van der Waals surface area contributed by atoms with Gasteiger partial charge in [0, 0.05) is 13.1 Å². The van der Waals surface area contributed by atoms with Crippen molar-refractivity contribution in [2.75, 3.05) is 30.8 Å². The predicted molar refractivity (Wildman–Crippen MR) is 90.2 cm³/mol. The highest BCUT2D eigenvalue weighted by atomic mass is 16.6. The SMILES string of the molecule is COC(=O)c1ccc(NCCNC(=O)OC(C)(C)C)c(NC=O)c1. The van der Waals surface area contributed by atoms with Crippen molar-refractivity contribution in [3.63, 3.8) is 0 Å². The highest BCUT2D eigenvalue weighted by Gasteiger charge is 2.15. The first-order chi connectivity index (χ1) is 11.3. The fourth-order valence-corrected chi connectivity index (χ4v) is 1.80. The number of rotatable bonds is 7. The van der Waals surface area contributed by atoms with E-state index >= 15 is 0 Å². The van der Waals surface area contributed by atoms with Gasteiger partial charge in [-0.2, -0.15) is 0 Å². The van der Waals surface area contributed by atoms with E-state index in [4.69, 9.17) is 4.74 Å². The zero-order valence-electron chi connectivity index (χ0n) is 14.3. The molecule has 8 heteroatoms. The van der Waals surface area contributed by atoms with E-state index in [2.05, 4.69) is 20.7 Å². The Kier molecular flexibility index (Phi) is 7.03. The number of benzene rings is 1. The predicted octanol–water partition coefficient (Wildman–Crippen LogP) is 1.98. The number of anilines is 2. The first-order valence-electron chi connectivity index (χ1n) is 7.40. The lowest BCUT2D eigenvalue weighted by Crippen LogP contribution is -2.35. The number of alkyl carbamates (subject to hydrolysis) is 1.